The second kappa shape index (κ2) is 13.8. The van der Waals surface area contributed by atoms with Gasteiger partial charge in [-0.05, 0) is 24.1 Å². The van der Waals surface area contributed by atoms with Crippen LogP contribution in [0, 0.1) is 6.07 Å². The van der Waals surface area contributed by atoms with Crippen molar-refractivity contribution in [3.05, 3.63) is 77.9 Å². The molecule has 2 N–H and O–H groups in total. The van der Waals surface area contributed by atoms with Gasteiger partial charge >= 0.3 is 41.3 Å². The summed E-state index contributed by atoms with van der Waals surface area (Å²) in [5.74, 6) is 0. The number of anilines is 2. The van der Waals surface area contributed by atoms with Crippen molar-refractivity contribution < 1.29 is 49.0 Å². The molecule has 0 atom stereocenters. The van der Waals surface area contributed by atoms with Crippen LogP contribution in [-0.2, 0) is 30.7 Å². The number of fused-ring (bicyclic) bond motifs is 3. The molecule has 0 amide bonds. The van der Waals surface area contributed by atoms with Crippen LogP contribution in [0.5, 0.6) is 0 Å². The monoisotopic (exact) mass is 490 g/mol. The first-order chi connectivity index (χ1) is 12.5. The fourth-order valence-corrected chi connectivity index (χ4v) is 2.75. The molecule has 28 heavy (non-hydrogen) atoms. The number of nitrogens with one attached hydrogen (secondary N) is 2. The van der Waals surface area contributed by atoms with E-state index in [1.54, 1.807) is 24.2 Å². The van der Waals surface area contributed by atoms with Crippen LogP contribution in [0.3, 0.4) is 0 Å². The molecule has 2 nitrogen and oxygen atoms in total. The molecule has 0 saturated carbocycles. The van der Waals surface area contributed by atoms with Gasteiger partial charge in [0.25, 0.3) is 0 Å². The second-order valence-corrected chi connectivity index (χ2v) is 8.73. The third-order valence-electron chi connectivity index (χ3n) is 3.90. The maximum Gasteiger partial charge on any atom is -0.172 e. The largest absolute Gasteiger partial charge is 1.00 e. The van der Waals surface area contributed by atoms with Crippen LogP contribution in [0.25, 0.3) is 11.1 Å². The summed E-state index contributed by atoms with van der Waals surface area (Å²) in [6.45, 7) is 4.25. The molecule has 1 aliphatic carbocycles. The second-order valence-electron chi connectivity index (χ2n) is 6.28. The van der Waals surface area contributed by atoms with Crippen LogP contribution in [0.15, 0.2) is 60.7 Å². The van der Waals surface area contributed by atoms with E-state index in [1.165, 1.54) is 31.1 Å². The van der Waals surface area contributed by atoms with Gasteiger partial charge < -0.3 is 35.4 Å². The van der Waals surface area contributed by atoms with Gasteiger partial charge in [-0.25, -0.2) is 12.1 Å². The minimum absolute atomic E-state index is 0. The van der Waals surface area contributed by atoms with Crippen molar-refractivity contribution in [2.75, 3.05) is 24.7 Å². The molecular formula is C23H26Cl2N2Zr-2. The van der Waals surface area contributed by atoms with Gasteiger partial charge in [0.2, 0.25) is 0 Å². The first kappa shape index (κ1) is 26.7. The van der Waals surface area contributed by atoms with E-state index in [-0.39, 0.29) is 24.8 Å². The molecule has 0 spiro atoms. The van der Waals surface area contributed by atoms with Gasteiger partial charge in [-0.2, -0.15) is 30.3 Å². The molecule has 4 rings (SSSR count). The Morgan fingerprint density at radius 3 is 2.07 bits per heavy atom. The third-order valence-corrected chi connectivity index (χ3v) is 3.90. The topological polar surface area (TPSA) is 24.1 Å². The average Bonchev–Trinajstić information content (AvgIpc) is 3.31. The molecule has 3 aromatic rings. The zero-order chi connectivity index (χ0) is 18.9. The predicted molar refractivity (Wildman–Crippen MR) is 111 cm³/mol. The Balaban J connectivity index is 0.000000559. The fraction of sp³-hybridized carbons (Fsp3) is 0.217. The van der Waals surface area contributed by atoms with Crippen LogP contribution in [0.4, 0.5) is 11.4 Å². The minimum atomic E-state index is 0. The molecule has 0 saturated heterocycles. The first-order valence-electron chi connectivity index (χ1n) is 8.77. The molecule has 1 aliphatic rings. The molecule has 3 aromatic carbocycles. The number of rotatable bonds is 2. The number of halogens is 2. The van der Waals surface area contributed by atoms with E-state index in [0.717, 1.165) is 12.1 Å². The molecule has 0 unspecified atom stereocenters. The van der Waals surface area contributed by atoms with Crippen LogP contribution in [0.2, 0.25) is 0 Å². The van der Waals surface area contributed by atoms with Gasteiger partial charge in [0.05, 0.1) is 0 Å². The number of benzene rings is 2. The summed E-state index contributed by atoms with van der Waals surface area (Å²) in [7, 11) is 3.88. The summed E-state index contributed by atoms with van der Waals surface area (Å²) >= 11 is 1.55. The Morgan fingerprint density at radius 1 is 0.964 bits per heavy atom. The molecule has 0 aromatic heterocycles. The Hall–Kier alpha value is -1.28. The molecule has 0 bridgehead atoms. The molecule has 0 fully saturated rings. The molecule has 0 radical (unpaired) electrons. The SMILES string of the molecule is CNc1[c-]c2c(cc1)-c1ccc(NC)cc1C2.C[C](C)=[Zr+2].[Cl-].[Cl-].c1cc[cH-]c1. The summed E-state index contributed by atoms with van der Waals surface area (Å²) < 4.78 is 1.51. The van der Waals surface area contributed by atoms with Crippen molar-refractivity contribution in [1.82, 2.24) is 0 Å². The van der Waals surface area contributed by atoms with Crippen molar-refractivity contribution >= 4 is 14.6 Å². The maximum absolute atomic E-state index is 3.43. The van der Waals surface area contributed by atoms with Crippen molar-refractivity contribution in [3.8, 4) is 11.1 Å². The Morgan fingerprint density at radius 2 is 1.57 bits per heavy atom. The van der Waals surface area contributed by atoms with Crippen molar-refractivity contribution in [3.63, 3.8) is 0 Å². The standard InChI is InChI=1S/C15H15N2.C5H5.C3H6.2ClH.Zr/c1-16-12-3-5-14-10(8-12)7-11-9-13(17-2)4-6-15(11)14;1-2-4-5-3-1;1-3-2;;;/h3-6,8,16-17H,7H2,1-2H3;1-5H;1-2H3;2*1H;/q2*-1;;;;+2/p-2. The van der Waals surface area contributed by atoms with Crippen molar-refractivity contribution in [2.45, 2.75) is 20.3 Å². The third kappa shape index (κ3) is 7.99. The summed E-state index contributed by atoms with van der Waals surface area (Å²) in [4.78, 5) is 0. The van der Waals surface area contributed by atoms with Crippen molar-refractivity contribution in [1.29, 1.82) is 0 Å². The Bertz CT molecular complexity index is 773. The normalized spacial score (nSPS) is 9.64. The van der Waals surface area contributed by atoms with E-state index in [2.05, 4.69) is 60.9 Å². The fourth-order valence-electron chi connectivity index (χ4n) is 2.75. The summed E-state index contributed by atoms with van der Waals surface area (Å²) in [6.07, 6.45) is 0.982. The Kier molecular flexibility index (Phi) is 13.2. The van der Waals surface area contributed by atoms with E-state index >= 15 is 0 Å². The molecule has 0 heterocycles. The number of hydrogen-bond acceptors (Lipinski definition) is 2. The van der Waals surface area contributed by atoms with Gasteiger partial charge in [-0.1, -0.05) is 17.3 Å². The van der Waals surface area contributed by atoms with Gasteiger partial charge in [-0.15, -0.1) is 17.2 Å². The van der Waals surface area contributed by atoms with Crippen LogP contribution in [0.1, 0.15) is 25.0 Å². The average molecular weight is 493 g/mol. The Labute approximate surface area is 196 Å². The van der Waals surface area contributed by atoms with Crippen LogP contribution < -0.4 is 35.4 Å². The molecule has 0 aliphatic heterocycles. The van der Waals surface area contributed by atoms with E-state index in [0.29, 0.717) is 0 Å². The molecule has 148 valence electrons. The van der Waals surface area contributed by atoms with E-state index < -0.39 is 0 Å². The van der Waals surface area contributed by atoms with Gasteiger partial charge in [0.1, 0.15) is 0 Å². The minimum Gasteiger partial charge on any atom is -1.00 e. The van der Waals surface area contributed by atoms with Gasteiger partial charge in [0, 0.05) is 19.8 Å². The zero-order valence-corrected chi connectivity index (χ0v) is 20.7. The van der Waals surface area contributed by atoms with Crippen LogP contribution >= 0.6 is 0 Å². The molecular weight excluding hydrogens is 466 g/mol. The van der Waals surface area contributed by atoms with Gasteiger partial charge in [-0.3, -0.25) is 0 Å². The van der Waals surface area contributed by atoms with Gasteiger partial charge in [0.15, 0.2) is 0 Å². The van der Waals surface area contributed by atoms with Crippen molar-refractivity contribution in [2.24, 2.45) is 0 Å². The van der Waals surface area contributed by atoms with E-state index in [1.807, 2.05) is 44.4 Å². The summed E-state index contributed by atoms with van der Waals surface area (Å²) in [5, 5.41) is 6.32. The van der Waals surface area contributed by atoms with E-state index in [4.69, 9.17) is 0 Å². The zero-order valence-electron chi connectivity index (χ0n) is 16.7. The quantitative estimate of drug-likeness (QED) is 0.362. The smallest absolute Gasteiger partial charge is 0.172 e. The summed E-state index contributed by atoms with van der Waals surface area (Å²) in [5.41, 5.74) is 7.58. The summed E-state index contributed by atoms with van der Waals surface area (Å²) in [6, 6.07) is 24.2. The van der Waals surface area contributed by atoms with E-state index in [9.17, 15) is 0 Å². The predicted octanol–water partition coefficient (Wildman–Crippen LogP) is -0.700. The van der Waals surface area contributed by atoms with Crippen LogP contribution in [-0.4, -0.2) is 17.3 Å². The number of hydrogen-bond donors (Lipinski definition) is 2. The maximum atomic E-state index is 3.43. The molecule has 5 heteroatoms. The first-order valence-corrected chi connectivity index (χ1v) is 10.0.